The van der Waals surface area contributed by atoms with Gasteiger partial charge in [0.15, 0.2) is 0 Å². The van der Waals surface area contributed by atoms with Gasteiger partial charge in [-0.2, -0.15) is 26.3 Å². The van der Waals surface area contributed by atoms with Gasteiger partial charge >= 0.3 is 43.8 Å². The molecule has 0 aromatic carbocycles. The molecule has 1 fully saturated rings. The van der Waals surface area contributed by atoms with Crippen LogP contribution in [-0.2, 0) is 53.7 Å². The average molecular weight is 1150 g/mol. The number of amides is 4. The minimum atomic E-state index is -4.72. The number of aromatic nitrogens is 6. The molecule has 1 saturated heterocycles. The van der Waals surface area contributed by atoms with E-state index >= 15 is 0 Å². The fourth-order valence-corrected chi connectivity index (χ4v) is 5.92. The standard InChI is InChI=1S/C21H24F4N4O4.C16H22BrFN2O4.C11H14BF3N2O2/c1-19(2,3)32-17(30)29(18(31)33-20(4,5)6)11-12-7-15(26-10-14(12)22)13-8-27-16(28-9-13)21(23,24)25;1-15(2,3)23-13(21)20(14(22)24-16(4,5)6)9-10-7-12(17)19-8-11(10)18;1-9(2)10(3,4)19-12(18-9)7-5-16-8(17-6-7)11(13,14)15/h7-10H,11H2,1-6H3;7-8H,9H2,1-6H3;5-6H,1-4H3. The van der Waals surface area contributed by atoms with Crippen LogP contribution in [-0.4, -0.2) is 105 Å². The van der Waals surface area contributed by atoms with E-state index in [4.69, 9.17) is 28.3 Å². The molecule has 0 unspecified atom stereocenters. The Morgan fingerprint density at radius 1 is 0.526 bits per heavy atom. The zero-order valence-corrected chi connectivity index (χ0v) is 46.3. The van der Waals surface area contributed by atoms with Crippen molar-refractivity contribution in [3.63, 3.8) is 0 Å². The van der Waals surface area contributed by atoms with Crippen LogP contribution in [0.2, 0.25) is 0 Å². The number of carbonyl (C=O) groups is 4. The normalized spacial score (nSPS) is 14.5. The van der Waals surface area contributed by atoms with Gasteiger partial charge in [0, 0.05) is 46.9 Å². The molecule has 4 aromatic heterocycles. The van der Waals surface area contributed by atoms with Crippen LogP contribution in [0.25, 0.3) is 11.3 Å². The van der Waals surface area contributed by atoms with E-state index in [0.29, 0.717) is 15.0 Å². The number of alkyl halides is 6. The van der Waals surface area contributed by atoms with Crippen molar-refractivity contribution in [2.75, 3.05) is 0 Å². The fraction of sp³-hybridized carbons (Fsp3) is 0.542. The SMILES string of the molecule is CC(C)(C)OC(=O)N(Cc1cc(-c2cnc(C(F)(F)F)nc2)ncc1F)C(=O)OC(C)(C)C.CC(C)(C)OC(=O)N(Cc1cc(Br)ncc1F)C(=O)OC(C)(C)C.CC1(C)OB(c2cnc(C(F)(F)F)nc2)OC1(C)C. The van der Waals surface area contributed by atoms with Gasteiger partial charge in [-0.1, -0.05) is 0 Å². The van der Waals surface area contributed by atoms with Crippen molar-refractivity contribution in [1.29, 1.82) is 0 Å². The van der Waals surface area contributed by atoms with Gasteiger partial charge in [-0.05, 0) is 139 Å². The summed E-state index contributed by atoms with van der Waals surface area (Å²) in [5, 5.41) is 0. The van der Waals surface area contributed by atoms with Crippen molar-refractivity contribution in [3.05, 3.63) is 88.3 Å². The molecule has 28 heteroatoms. The van der Waals surface area contributed by atoms with Crippen molar-refractivity contribution in [1.82, 2.24) is 39.7 Å². The van der Waals surface area contributed by atoms with E-state index in [1.54, 1.807) is 83.1 Å². The molecular weight excluding hydrogens is 1090 g/mol. The molecule has 76 heavy (non-hydrogen) atoms. The summed E-state index contributed by atoms with van der Waals surface area (Å²) in [6.07, 6.45) is -7.47. The third-order valence-corrected chi connectivity index (χ3v) is 10.0. The third kappa shape index (κ3) is 20.1. The van der Waals surface area contributed by atoms with Crippen molar-refractivity contribution in [3.8, 4) is 11.3 Å². The van der Waals surface area contributed by atoms with Crippen molar-refractivity contribution >= 4 is 52.9 Å². The largest absolute Gasteiger partial charge is 0.498 e. The zero-order chi connectivity index (χ0) is 58.4. The highest BCUT2D eigenvalue weighted by Crippen LogP contribution is 2.37. The number of pyridine rings is 2. The Labute approximate surface area is 443 Å². The first-order valence-corrected chi connectivity index (χ1v) is 23.6. The minimum absolute atomic E-state index is 0.0356. The van der Waals surface area contributed by atoms with E-state index < -0.39 is 107 Å². The second-order valence-corrected chi connectivity index (χ2v) is 22.4. The number of imide groups is 2. The molecule has 5 rings (SSSR count). The summed E-state index contributed by atoms with van der Waals surface area (Å²) in [6, 6.07) is 2.56. The second kappa shape index (κ2) is 24.0. The molecule has 0 spiro atoms. The molecule has 18 nitrogen and oxygen atoms in total. The number of rotatable bonds is 6. The monoisotopic (exact) mass is 1150 g/mol. The molecule has 0 atom stereocenters. The van der Waals surface area contributed by atoms with Gasteiger partial charge in [0.05, 0.1) is 42.4 Å². The van der Waals surface area contributed by atoms with E-state index in [2.05, 4.69) is 45.8 Å². The molecular formula is C48H60BBrF8N8O10. The van der Waals surface area contributed by atoms with Gasteiger partial charge in [0.2, 0.25) is 11.6 Å². The first-order valence-electron chi connectivity index (χ1n) is 22.8. The van der Waals surface area contributed by atoms with Crippen LogP contribution in [0.1, 0.15) is 134 Å². The molecule has 0 N–H and O–H groups in total. The fourth-order valence-electron chi connectivity index (χ4n) is 5.54. The Kier molecular flexibility index (Phi) is 20.3. The molecule has 418 valence electrons. The molecule has 4 aromatic rings. The van der Waals surface area contributed by atoms with Crippen LogP contribution < -0.4 is 5.46 Å². The number of hydrogen-bond donors (Lipinski definition) is 0. The molecule has 1 aliphatic heterocycles. The van der Waals surface area contributed by atoms with E-state index in [1.165, 1.54) is 12.1 Å². The summed E-state index contributed by atoms with van der Waals surface area (Å²) < 4.78 is 136. The van der Waals surface area contributed by atoms with Crippen LogP contribution in [0.5, 0.6) is 0 Å². The van der Waals surface area contributed by atoms with Crippen LogP contribution in [0.3, 0.4) is 0 Å². The lowest BCUT2D eigenvalue weighted by Gasteiger charge is -2.32. The van der Waals surface area contributed by atoms with Gasteiger partial charge in [-0.25, -0.2) is 62.7 Å². The van der Waals surface area contributed by atoms with Gasteiger partial charge < -0.3 is 28.3 Å². The highest BCUT2D eigenvalue weighted by molar-refractivity contribution is 9.10. The van der Waals surface area contributed by atoms with E-state index in [9.17, 15) is 54.3 Å². The first kappa shape index (κ1) is 64.1. The second-order valence-electron chi connectivity index (χ2n) is 21.6. The van der Waals surface area contributed by atoms with Crippen molar-refractivity contribution < 1.29 is 82.6 Å². The molecule has 0 saturated carbocycles. The summed E-state index contributed by atoms with van der Waals surface area (Å²) in [6.45, 7) is 26.1. The number of nitrogens with zero attached hydrogens (tertiary/aromatic N) is 8. The Bertz CT molecular complexity index is 2600. The van der Waals surface area contributed by atoms with E-state index in [0.717, 1.165) is 42.1 Å². The van der Waals surface area contributed by atoms with Crippen LogP contribution in [0, 0.1) is 11.6 Å². The van der Waals surface area contributed by atoms with E-state index in [1.807, 2.05) is 27.7 Å². The summed E-state index contributed by atoms with van der Waals surface area (Å²) in [5.74, 6) is -4.01. The van der Waals surface area contributed by atoms with E-state index in [-0.39, 0.29) is 28.9 Å². The lowest BCUT2D eigenvalue weighted by molar-refractivity contribution is -0.145. The molecule has 0 bridgehead atoms. The Hall–Kier alpha value is -6.16. The van der Waals surface area contributed by atoms with Crippen molar-refractivity contribution in [2.24, 2.45) is 0 Å². The third-order valence-electron chi connectivity index (χ3n) is 9.60. The zero-order valence-electron chi connectivity index (χ0n) is 44.7. The summed E-state index contributed by atoms with van der Waals surface area (Å²) in [4.78, 5) is 71.9. The maximum atomic E-state index is 14.5. The molecule has 1 aliphatic rings. The first-order chi connectivity index (χ1) is 34.3. The summed E-state index contributed by atoms with van der Waals surface area (Å²) in [5.41, 5.74) is -4.20. The summed E-state index contributed by atoms with van der Waals surface area (Å²) >= 11 is 3.13. The maximum Gasteiger partial charge on any atom is 0.498 e. The Balaban J connectivity index is 0.000000313. The van der Waals surface area contributed by atoms with Gasteiger partial charge in [0.1, 0.15) is 38.6 Å². The summed E-state index contributed by atoms with van der Waals surface area (Å²) in [7, 11) is -0.757. The number of hydrogen-bond acceptors (Lipinski definition) is 16. The minimum Gasteiger partial charge on any atom is -0.443 e. The predicted octanol–water partition coefficient (Wildman–Crippen LogP) is 11.8. The van der Waals surface area contributed by atoms with Crippen LogP contribution >= 0.6 is 15.9 Å². The average Bonchev–Trinajstić information content (AvgIpc) is 3.46. The van der Waals surface area contributed by atoms with Gasteiger partial charge in [0.25, 0.3) is 0 Å². The van der Waals surface area contributed by atoms with Crippen LogP contribution in [0.15, 0.2) is 53.9 Å². The van der Waals surface area contributed by atoms with Gasteiger partial charge in [-0.15, -0.1) is 0 Å². The highest BCUT2D eigenvalue weighted by Gasteiger charge is 2.52. The molecule has 5 heterocycles. The smallest absolute Gasteiger partial charge is 0.443 e. The quantitative estimate of drug-likeness (QED) is 0.0761. The Morgan fingerprint density at radius 3 is 1.17 bits per heavy atom. The number of ether oxygens (including phenoxy) is 4. The molecule has 0 aliphatic carbocycles. The van der Waals surface area contributed by atoms with Crippen molar-refractivity contribution in [2.45, 2.75) is 170 Å². The topological polar surface area (TPSA) is 207 Å². The lowest BCUT2D eigenvalue weighted by atomic mass is 9.81. The highest BCUT2D eigenvalue weighted by atomic mass is 79.9. The number of carbonyl (C=O) groups excluding carboxylic acids is 4. The van der Waals surface area contributed by atoms with Gasteiger partial charge in [-0.3, -0.25) is 4.98 Å². The maximum absolute atomic E-state index is 14.5. The number of halogens is 9. The van der Waals surface area contributed by atoms with Crippen LogP contribution in [0.4, 0.5) is 54.3 Å². The predicted molar refractivity (Wildman–Crippen MR) is 261 cm³/mol. The lowest BCUT2D eigenvalue weighted by Crippen LogP contribution is -2.43. The molecule has 4 amide bonds. The molecule has 0 radical (unpaired) electrons. The Morgan fingerprint density at radius 2 is 0.842 bits per heavy atom.